The van der Waals surface area contributed by atoms with Crippen LogP contribution in [-0.4, -0.2) is 131 Å². The van der Waals surface area contributed by atoms with Crippen molar-refractivity contribution in [2.45, 2.75) is 123 Å². The van der Waals surface area contributed by atoms with Gasteiger partial charge in [-0.05, 0) is 69.4 Å². The van der Waals surface area contributed by atoms with Crippen LogP contribution in [0.25, 0.3) is 0 Å². The number of hydrogen-bond donors (Lipinski definition) is 6. The summed E-state index contributed by atoms with van der Waals surface area (Å²) >= 11 is 0. The predicted octanol–water partition coefficient (Wildman–Crippen LogP) is 2.55. The van der Waals surface area contributed by atoms with Gasteiger partial charge in [0.25, 0.3) is 0 Å². The van der Waals surface area contributed by atoms with Gasteiger partial charge < -0.3 is 41.0 Å². The Morgan fingerprint density at radius 2 is 1.22 bits per heavy atom. The summed E-state index contributed by atoms with van der Waals surface area (Å²) in [5.41, 5.74) is -2.49. The minimum atomic E-state index is -2.35. The highest BCUT2D eigenvalue weighted by molar-refractivity contribution is 5.98. The number of carboxylic acid groups (broad SMARTS) is 1. The van der Waals surface area contributed by atoms with Crippen molar-refractivity contribution in [3.63, 3.8) is 0 Å². The maximum atomic E-state index is 14.3. The zero-order valence-electron chi connectivity index (χ0n) is 38.9. The number of amides is 4. The lowest BCUT2D eigenvalue weighted by atomic mass is 9.82. The number of carboxylic acids is 1. The van der Waals surface area contributed by atoms with Crippen molar-refractivity contribution in [1.82, 2.24) is 26.2 Å². The van der Waals surface area contributed by atoms with Gasteiger partial charge in [-0.2, -0.15) is 0 Å². The van der Waals surface area contributed by atoms with Gasteiger partial charge in [-0.1, -0.05) is 88.4 Å². The van der Waals surface area contributed by atoms with Gasteiger partial charge in [0, 0.05) is 25.9 Å². The molecule has 6 atom stereocenters. The number of aliphatic carboxylic acids is 1. The monoisotopic (exact) mass is 907 g/mol. The molecule has 358 valence electrons. The van der Waals surface area contributed by atoms with Gasteiger partial charge in [-0.3, -0.25) is 43.3 Å². The summed E-state index contributed by atoms with van der Waals surface area (Å²) in [6.45, 7) is 12.2. The normalized spacial score (nSPS) is 16.7. The van der Waals surface area contributed by atoms with Gasteiger partial charge in [0.2, 0.25) is 23.6 Å². The Kier molecular flexibility index (Phi) is 21.4. The third-order valence-corrected chi connectivity index (χ3v) is 11.0. The Bertz CT molecular complexity index is 1920. The third kappa shape index (κ3) is 18.9. The number of aliphatic hydroxyl groups is 1. The summed E-state index contributed by atoms with van der Waals surface area (Å²) in [6, 6.07) is 13.6. The molecule has 1 aliphatic rings. The van der Waals surface area contributed by atoms with Crippen LogP contribution < -0.4 is 21.3 Å². The average Bonchev–Trinajstić information content (AvgIpc) is 3.23. The molecule has 1 aliphatic heterocycles. The average molecular weight is 908 g/mol. The molecule has 3 rings (SSSR count). The van der Waals surface area contributed by atoms with E-state index in [1.807, 2.05) is 49.1 Å². The van der Waals surface area contributed by atoms with Crippen LogP contribution in [0.1, 0.15) is 91.7 Å². The zero-order chi connectivity index (χ0) is 48.3. The lowest BCUT2D eigenvalue weighted by Crippen LogP contribution is -2.60. The van der Waals surface area contributed by atoms with Crippen molar-refractivity contribution < 1.29 is 58.0 Å². The maximum Gasteiger partial charge on any atom is 0.310 e. The maximum absolute atomic E-state index is 14.3. The molecular formula is C48H69N5O12. The first-order chi connectivity index (χ1) is 30.6. The molecule has 0 spiro atoms. The summed E-state index contributed by atoms with van der Waals surface area (Å²) in [7, 11) is 0. The number of aryl methyl sites for hydroxylation is 1. The highest BCUT2D eigenvalue weighted by atomic mass is 16.5. The number of carbonyl (C=O) groups excluding carboxylic acids is 7. The second-order valence-corrected chi connectivity index (χ2v) is 18.4. The first kappa shape index (κ1) is 53.8. The van der Waals surface area contributed by atoms with E-state index in [2.05, 4.69) is 21.3 Å². The molecule has 4 amide bonds. The number of ether oxygens (including phenoxy) is 2. The minimum absolute atomic E-state index is 0.0166. The number of benzene rings is 2. The highest BCUT2D eigenvalue weighted by Gasteiger charge is 2.42. The number of hydrogen-bond acceptors (Lipinski definition) is 12. The first-order valence-corrected chi connectivity index (χ1v) is 22.3. The van der Waals surface area contributed by atoms with E-state index in [1.54, 1.807) is 44.2 Å². The summed E-state index contributed by atoms with van der Waals surface area (Å²) in [5.74, 6) is -6.45. The molecule has 17 heteroatoms. The molecule has 1 heterocycles. The SMILES string of the molecule is CC(=O)CC(C)(CC(=O)OC[C@](C)(O)C(=O)[C@H](CC(C)C)NC(=O)[C@H](Cc1ccccc1)NC(=O)[C@H](CC(C)C)NC(=O)[C@H](CCc1ccccc1)NC(=O)CN1CCOCC1)C(=O)O. The number of nitrogens with one attached hydrogen (secondary N) is 4. The van der Waals surface area contributed by atoms with Crippen molar-refractivity contribution in [2.24, 2.45) is 17.3 Å². The molecule has 17 nitrogen and oxygen atoms in total. The predicted molar refractivity (Wildman–Crippen MR) is 241 cm³/mol. The number of morpholine rings is 1. The highest BCUT2D eigenvalue weighted by Crippen LogP contribution is 2.28. The lowest BCUT2D eigenvalue weighted by molar-refractivity contribution is -0.164. The second kappa shape index (κ2) is 25.8. The Morgan fingerprint density at radius 3 is 1.77 bits per heavy atom. The standard InChI is InChI=1S/C48H69N5O12/c1-31(2)24-37(42(57)48(7,63)30-65-41(56)28-47(6,46(61)62)27-33(5)54)50-45(60)39(26-35-16-12-9-13-17-35)52-44(59)38(25-32(3)4)51-43(58)36(19-18-34-14-10-8-11-15-34)49-40(55)29-53-20-22-64-23-21-53/h8-17,31-32,36-39,63H,18-30H2,1-7H3,(H,49,55)(H,50,60)(H,51,58)(H,52,59)(H,61,62)/t36-,37-,38-,39-,47?,48-/m0/s1. The summed E-state index contributed by atoms with van der Waals surface area (Å²) in [4.78, 5) is 108. The molecule has 1 fully saturated rings. The topological polar surface area (TPSA) is 247 Å². The van der Waals surface area contributed by atoms with Crippen molar-refractivity contribution in [3.8, 4) is 0 Å². The number of Topliss-reactive ketones (excluding diaryl/α,β-unsaturated/α-hetero) is 2. The number of esters is 1. The fraction of sp³-hybridized carbons (Fsp3) is 0.583. The Labute approximate surface area is 382 Å². The van der Waals surface area contributed by atoms with E-state index in [0.717, 1.165) is 12.5 Å². The molecule has 0 bridgehead atoms. The molecule has 0 aromatic heterocycles. The fourth-order valence-corrected chi connectivity index (χ4v) is 7.51. The number of nitrogens with zero attached hydrogens (tertiary/aromatic N) is 1. The Balaban J connectivity index is 1.84. The molecule has 6 N–H and O–H groups in total. The van der Waals surface area contributed by atoms with Crippen molar-refractivity contribution >= 4 is 47.1 Å². The number of rotatable bonds is 27. The van der Waals surface area contributed by atoms with Gasteiger partial charge in [0.05, 0.1) is 37.6 Å². The van der Waals surface area contributed by atoms with Crippen LogP contribution >= 0.6 is 0 Å². The van der Waals surface area contributed by atoms with Crippen LogP contribution in [-0.2, 0) is 60.7 Å². The summed E-state index contributed by atoms with van der Waals surface area (Å²) in [5, 5.41) is 32.2. The molecule has 65 heavy (non-hydrogen) atoms. The molecule has 2 aromatic carbocycles. The van der Waals surface area contributed by atoms with Crippen LogP contribution in [0.4, 0.5) is 0 Å². The van der Waals surface area contributed by atoms with Crippen molar-refractivity contribution in [3.05, 3.63) is 71.8 Å². The lowest BCUT2D eigenvalue weighted by Gasteiger charge is -2.31. The molecule has 1 saturated heterocycles. The van der Waals surface area contributed by atoms with E-state index in [9.17, 15) is 48.6 Å². The van der Waals surface area contributed by atoms with Crippen molar-refractivity contribution in [1.29, 1.82) is 0 Å². The van der Waals surface area contributed by atoms with Crippen LogP contribution in [0.5, 0.6) is 0 Å². The molecular weight excluding hydrogens is 839 g/mol. The van der Waals surface area contributed by atoms with Gasteiger partial charge >= 0.3 is 11.9 Å². The van der Waals surface area contributed by atoms with Gasteiger partial charge in [-0.25, -0.2) is 0 Å². The fourth-order valence-electron chi connectivity index (χ4n) is 7.51. The van der Waals surface area contributed by atoms with Crippen LogP contribution in [0.2, 0.25) is 0 Å². The van der Waals surface area contributed by atoms with Gasteiger partial charge in [0.15, 0.2) is 11.4 Å². The van der Waals surface area contributed by atoms with E-state index in [-0.39, 0.29) is 50.0 Å². The van der Waals surface area contributed by atoms with Crippen LogP contribution in [0.3, 0.4) is 0 Å². The second-order valence-electron chi connectivity index (χ2n) is 18.4. The number of carbonyl (C=O) groups is 8. The number of ketones is 2. The Morgan fingerprint density at radius 1 is 0.708 bits per heavy atom. The van der Waals surface area contributed by atoms with Gasteiger partial charge in [0.1, 0.15) is 30.5 Å². The largest absolute Gasteiger partial charge is 0.481 e. The van der Waals surface area contributed by atoms with Crippen LogP contribution in [0, 0.1) is 17.3 Å². The van der Waals surface area contributed by atoms with E-state index in [4.69, 9.17) is 9.47 Å². The third-order valence-electron chi connectivity index (χ3n) is 11.0. The van der Waals surface area contributed by atoms with Crippen LogP contribution in [0.15, 0.2) is 60.7 Å². The zero-order valence-corrected chi connectivity index (χ0v) is 38.9. The molecule has 1 unspecified atom stereocenters. The summed E-state index contributed by atoms with van der Waals surface area (Å²) < 4.78 is 10.6. The van der Waals surface area contributed by atoms with Crippen molar-refractivity contribution in [2.75, 3.05) is 39.5 Å². The van der Waals surface area contributed by atoms with E-state index < -0.39 is 95.9 Å². The van der Waals surface area contributed by atoms with E-state index in [0.29, 0.717) is 38.3 Å². The quantitative estimate of drug-likeness (QED) is 0.0707. The molecule has 0 saturated carbocycles. The molecule has 0 aliphatic carbocycles. The first-order valence-electron chi connectivity index (χ1n) is 22.3. The smallest absolute Gasteiger partial charge is 0.310 e. The van der Waals surface area contributed by atoms with E-state index >= 15 is 0 Å². The molecule has 2 aromatic rings. The van der Waals surface area contributed by atoms with E-state index in [1.165, 1.54) is 13.8 Å². The molecule has 0 radical (unpaired) electrons. The Hall–Kier alpha value is -5.52. The van der Waals surface area contributed by atoms with Gasteiger partial charge in [-0.15, -0.1) is 0 Å². The summed E-state index contributed by atoms with van der Waals surface area (Å²) in [6.07, 6.45) is -0.217. The minimum Gasteiger partial charge on any atom is -0.481 e.